The molecule has 4 bridgehead atoms. The number of likely N-dealkylation sites (N-methyl/N-ethyl adjacent to an activating group) is 1. The Hall–Kier alpha value is -6.64. The highest BCUT2D eigenvalue weighted by molar-refractivity contribution is 6.35. The van der Waals surface area contributed by atoms with E-state index in [1.807, 2.05) is 56.4 Å². The molecule has 4 heterocycles. The van der Waals surface area contributed by atoms with Crippen LogP contribution in [0, 0.1) is 5.92 Å². The van der Waals surface area contributed by atoms with Crippen LogP contribution in [-0.2, 0) is 67.2 Å². The van der Waals surface area contributed by atoms with Gasteiger partial charge in [0.2, 0.25) is 17.7 Å². The summed E-state index contributed by atoms with van der Waals surface area (Å²) in [6, 6.07) is 12.1. The van der Waals surface area contributed by atoms with E-state index < -0.39 is 108 Å². The number of aromatic nitrogens is 1. The van der Waals surface area contributed by atoms with Crippen molar-refractivity contribution in [2.24, 2.45) is 5.92 Å². The molecule has 10 atom stereocenters. The smallest absolute Gasteiger partial charge is 0.409 e. The number of epoxide rings is 1. The third-order valence-electron chi connectivity index (χ3n) is 15.0. The molecule has 80 heavy (non-hydrogen) atoms. The quantitative estimate of drug-likeness (QED) is 0.0345. The second-order valence-electron chi connectivity index (χ2n) is 20.7. The number of halogens is 1. The van der Waals surface area contributed by atoms with Gasteiger partial charge in [-0.05, 0) is 69.5 Å². The maximum absolute atomic E-state index is 14.4. The minimum absolute atomic E-state index is 0.00166. The molecule has 24 nitrogen and oxygen atoms in total. The van der Waals surface area contributed by atoms with Gasteiger partial charge in [0.15, 0.2) is 17.9 Å². The number of allylic oxidation sites excluding steroid dienone is 3. The van der Waals surface area contributed by atoms with Crippen LogP contribution in [0.5, 0.6) is 5.75 Å². The van der Waals surface area contributed by atoms with E-state index in [-0.39, 0.29) is 43.4 Å². The summed E-state index contributed by atoms with van der Waals surface area (Å²) in [7, 11) is 9.40. The average molecular weight is 1140 g/mol. The van der Waals surface area contributed by atoms with Crippen molar-refractivity contribution in [2.75, 3.05) is 66.9 Å². The Morgan fingerprint density at radius 3 is 2.34 bits per heavy atom. The number of hydrogen-bond donors (Lipinski definition) is 8. The fourth-order valence-corrected chi connectivity index (χ4v) is 10.2. The van der Waals surface area contributed by atoms with E-state index in [9.17, 15) is 48.9 Å². The number of esters is 1. The summed E-state index contributed by atoms with van der Waals surface area (Å²) in [5.41, 5.74) is 3.71. The number of alkyl carbamates (subject to hydrolysis) is 1. The Labute approximate surface area is 470 Å². The lowest BCUT2D eigenvalue weighted by Crippen LogP contribution is -2.63. The van der Waals surface area contributed by atoms with Crippen LogP contribution in [0.2, 0.25) is 5.02 Å². The number of aryl methyl sites for hydroxylation is 1. The predicted molar refractivity (Wildman–Crippen MR) is 294 cm³/mol. The van der Waals surface area contributed by atoms with Crippen molar-refractivity contribution >= 4 is 69.8 Å². The van der Waals surface area contributed by atoms with Crippen molar-refractivity contribution in [3.63, 3.8) is 0 Å². The number of hydrogen-bond acceptors (Lipinski definition) is 17. The second kappa shape index (κ2) is 27.2. The van der Waals surface area contributed by atoms with Gasteiger partial charge in [-0.1, -0.05) is 60.5 Å². The average Bonchev–Trinajstić information content (AvgIpc) is 4.18. The maximum atomic E-state index is 14.4. The van der Waals surface area contributed by atoms with E-state index in [0.29, 0.717) is 30.9 Å². The zero-order valence-electron chi connectivity index (χ0n) is 46.9. The van der Waals surface area contributed by atoms with E-state index in [4.69, 9.17) is 35.3 Å². The van der Waals surface area contributed by atoms with Crippen molar-refractivity contribution < 1.29 is 72.6 Å². The van der Waals surface area contributed by atoms with Crippen LogP contribution >= 0.6 is 11.6 Å². The van der Waals surface area contributed by atoms with Crippen molar-refractivity contribution in [3.05, 3.63) is 82.5 Å². The van der Waals surface area contributed by atoms with Gasteiger partial charge in [0, 0.05) is 90.8 Å². The predicted octanol–water partition coefficient (Wildman–Crippen LogP) is 1.59. The lowest BCUT2D eigenvalue weighted by atomic mass is 9.83. The molecule has 1 aromatic heterocycles. The second-order valence-corrected chi connectivity index (χ2v) is 21.0. The van der Waals surface area contributed by atoms with Crippen LogP contribution in [0.4, 0.5) is 10.5 Å². The van der Waals surface area contributed by atoms with Gasteiger partial charge in [0.25, 0.3) is 11.8 Å². The van der Waals surface area contributed by atoms with E-state index in [1.165, 1.54) is 40.1 Å². The van der Waals surface area contributed by atoms with Gasteiger partial charge in [-0.25, -0.2) is 14.6 Å². The number of nitrogens with zero attached hydrogens (tertiary/aromatic N) is 4. The normalized spacial score (nSPS) is 25.4. The van der Waals surface area contributed by atoms with Crippen molar-refractivity contribution in [3.8, 4) is 5.75 Å². The number of rotatable bonds is 20. The molecule has 2 aromatic carbocycles. The molecule has 3 aliphatic heterocycles. The minimum atomic E-state index is -2.22. The Balaban J connectivity index is 1.04. The Morgan fingerprint density at radius 2 is 1.66 bits per heavy atom. The zero-order valence-corrected chi connectivity index (χ0v) is 47.6. The number of para-hydroxylation sites is 1. The van der Waals surface area contributed by atoms with Gasteiger partial charge in [-0.2, -0.15) is 0 Å². The topological polar surface area (TPSA) is 304 Å². The highest BCUT2D eigenvalue weighted by atomic mass is 35.5. The molecule has 0 radical (unpaired) electrons. The third kappa shape index (κ3) is 15.0. The van der Waals surface area contributed by atoms with Crippen molar-refractivity contribution in [1.29, 1.82) is 0 Å². The van der Waals surface area contributed by atoms with E-state index >= 15 is 0 Å². The number of benzene rings is 2. The highest BCUT2D eigenvalue weighted by Crippen LogP contribution is 2.49. The van der Waals surface area contributed by atoms with Crippen molar-refractivity contribution in [1.82, 2.24) is 41.2 Å². The van der Waals surface area contributed by atoms with Gasteiger partial charge in [-0.15, -0.1) is 0 Å². The molecular weight excluding hydrogens is 1060 g/mol. The number of hydrazine groups is 1. The lowest BCUT2D eigenvalue weighted by molar-refractivity contribution is -0.162. The van der Waals surface area contributed by atoms with Crippen LogP contribution < -0.4 is 36.3 Å². The number of nitrogens with one attached hydrogen (secondary N) is 5. The summed E-state index contributed by atoms with van der Waals surface area (Å²) in [5.74, 6) is -4.97. The zero-order chi connectivity index (χ0) is 58.8. The molecule has 3 aromatic rings. The molecule has 6 amide bonds. The van der Waals surface area contributed by atoms with Crippen LogP contribution in [0.25, 0.3) is 10.9 Å². The van der Waals surface area contributed by atoms with Gasteiger partial charge in [0.1, 0.15) is 40.7 Å². The number of carbonyl (C=O) groups excluding carboxylic acids is 7. The Bertz CT molecular complexity index is 2830. The first-order valence-electron chi connectivity index (χ1n) is 26.3. The number of aliphatic hydroxyl groups is 3. The number of amides is 6. The molecule has 438 valence electrons. The molecule has 8 N–H and O–H groups in total. The summed E-state index contributed by atoms with van der Waals surface area (Å²) < 4.78 is 31.3. The van der Waals surface area contributed by atoms with Crippen LogP contribution in [0.3, 0.4) is 0 Å². The van der Waals surface area contributed by atoms with Crippen molar-refractivity contribution in [2.45, 2.75) is 127 Å². The SMILES string of the molecule is CNN(C)Cc1cc2ccccc2n1CCC(=O)NCCNC(=O)[C@@H](O)[C@@H](O)C(=O)NCCC(=O)N(C)[C@@H](C)C(=O)O[C@H]1CC(=O)N(C)c2cc(cc(OC)c2Cl)C/C(C)=C/C=C/[C@@H](OC)[C@@]2(O)C[C@H](OC(=O)N2)[C@@H](C)[C@@H]2O[C@]12C. The van der Waals surface area contributed by atoms with Crippen LogP contribution in [-0.4, -0.2) is 187 Å². The molecule has 6 rings (SSSR count). The first-order chi connectivity index (χ1) is 37.8. The minimum Gasteiger partial charge on any atom is -0.495 e. The number of fused-ring (bicyclic) bond motifs is 6. The number of ether oxygens (including phenoxy) is 5. The van der Waals surface area contributed by atoms with Crippen LogP contribution in [0.1, 0.15) is 64.6 Å². The highest BCUT2D eigenvalue weighted by Gasteiger charge is 2.64. The molecule has 25 heteroatoms. The van der Waals surface area contributed by atoms with E-state index in [0.717, 1.165) is 32.6 Å². The number of anilines is 1. The maximum Gasteiger partial charge on any atom is 0.409 e. The van der Waals surface area contributed by atoms with Gasteiger partial charge in [-0.3, -0.25) is 34.7 Å². The summed E-state index contributed by atoms with van der Waals surface area (Å²) in [6.45, 7) is 7.16. The van der Waals surface area contributed by atoms with E-state index in [1.54, 1.807) is 38.1 Å². The van der Waals surface area contributed by atoms with Gasteiger partial charge < -0.3 is 69.3 Å². The first kappa shape index (κ1) is 62.6. The van der Waals surface area contributed by atoms with Gasteiger partial charge >= 0.3 is 12.1 Å². The number of aliphatic hydroxyl groups excluding tert-OH is 2. The number of carbonyl (C=O) groups is 7. The fraction of sp³-hybridized carbons (Fsp3) is 0.545. The van der Waals surface area contributed by atoms with Gasteiger partial charge in [0.05, 0.1) is 31.9 Å². The molecule has 3 aliphatic rings. The Kier molecular flexibility index (Phi) is 21.3. The Morgan fingerprint density at radius 1 is 0.988 bits per heavy atom. The summed E-state index contributed by atoms with van der Waals surface area (Å²) in [4.78, 5) is 95.5. The molecular formula is C55H76ClN9O15. The fourth-order valence-electron chi connectivity index (χ4n) is 9.86. The molecule has 2 fully saturated rings. The summed E-state index contributed by atoms with van der Waals surface area (Å²) in [6.07, 6.45) is -4.67. The summed E-state index contributed by atoms with van der Waals surface area (Å²) >= 11 is 6.80. The molecule has 0 saturated carbocycles. The largest absolute Gasteiger partial charge is 0.495 e. The van der Waals surface area contributed by atoms with Crippen LogP contribution in [0.15, 0.2) is 66.3 Å². The summed E-state index contributed by atoms with van der Waals surface area (Å²) in [5, 5.41) is 45.8. The lowest BCUT2D eigenvalue weighted by Gasteiger charge is -2.42. The molecule has 0 aliphatic carbocycles. The third-order valence-corrected chi connectivity index (χ3v) is 15.4. The molecule has 0 unspecified atom stereocenters. The standard InChI is InChI=1S/C55H76ClN9O15/c1-31-14-13-17-41(77-10)55(75)29-40(78-53(74)61-55)32(2)49-54(4,80-49)42(28-45(68)64(8)38-25-34(24-31)26-39(76-9)46(38)56)79-52(73)33(3)63(7)44(67)18-20-59-50(71)47(69)48(70)51(72)60-22-21-58-43(66)19-23-65-36(30-62(6)57-5)27-35-15-11-12-16-37(35)65/h11-17,25-27,32-33,40-42,47-49,57,69-70,75H,18-24,28-30H2,1-10H3,(H,58,66)(H,59,71)(H,60,72)(H,61,74)/b17-13+,31-14+/t32-,33+,40+,41-,42+,47-,48+,49+,54-,55+/m1/s1. The number of methoxy groups -OCH3 is 2. The monoisotopic (exact) mass is 1140 g/mol. The first-order valence-corrected chi connectivity index (χ1v) is 26.7. The molecule has 2 saturated heterocycles. The van der Waals surface area contributed by atoms with E-state index in [2.05, 4.69) is 37.3 Å². The molecule has 0 spiro atoms.